The summed E-state index contributed by atoms with van der Waals surface area (Å²) in [6.07, 6.45) is 0. The van der Waals surface area contributed by atoms with Gasteiger partial charge in [-0.1, -0.05) is 24.3 Å². The Bertz CT molecular complexity index is 723. The second kappa shape index (κ2) is 5.84. The monoisotopic (exact) mass is 304 g/mol. The van der Waals surface area contributed by atoms with Crippen molar-refractivity contribution in [3.8, 4) is 0 Å². The molecule has 5 heteroatoms. The molecule has 0 aliphatic rings. The van der Waals surface area contributed by atoms with Crippen LogP contribution < -0.4 is 5.30 Å². The fraction of sp³-hybridized carbons (Fsp3) is 0.188. The SMILES string of the molecule is Cc1ccc(C(=O)OP(=O)(O)c2ccccc2)c(C)c1C. The van der Waals surface area contributed by atoms with Gasteiger partial charge in [-0.3, -0.25) is 0 Å². The van der Waals surface area contributed by atoms with Gasteiger partial charge in [0.2, 0.25) is 0 Å². The standard InChI is InChI=1S/C16H17O4P/c1-11-9-10-15(13(3)12(11)2)16(17)20-21(18,19)14-7-5-4-6-8-14/h4-10H,1-3H3,(H,18,19). The summed E-state index contributed by atoms with van der Waals surface area (Å²) in [4.78, 5) is 22.1. The number of benzene rings is 2. The molecule has 21 heavy (non-hydrogen) atoms. The molecule has 2 aromatic rings. The topological polar surface area (TPSA) is 63.6 Å². The van der Waals surface area contributed by atoms with E-state index in [1.54, 1.807) is 37.3 Å². The molecule has 1 N–H and O–H groups in total. The highest BCUT2D eigenvalue weighted by Gasteiger charge is 2.28. The molecule has 110 valence electrons. The van der Waals surface area contributed by atoms with Crippen LogP contribution in [0.4, 0.5) is 0 Å². The predicted octanol–water partition coefficient (Wildman–Crippen LogP) is 3.28. The first-order chi connectivity index (χ1) is 9.83. The third-order valence-corrected chi connectivity index (χ3v) is 4.93. The second-order valence-electron chi connectivity index (χ2n) is 4.91. The van der Waals surface area contributed by atoms with Crippen LogP contribution >= 0.6 is 7.60 Å². The van der Waals surface area contributed by atoms with Crippen molar-refractivity contribution in [2.75, 3.05) is 0 Å². The molecule has 0 heterocycles. The van der Waals surface area contributed by atoms with Gasteiger partial charge >= 0.3 is 13.6 Å². The van der Waals surface area contributed by atoms with E-state index in [1.165, 1.54) is 12.1 Å². The van der Waals surface area contributed by atoms with Crippen molar-refractivity contribution >= 4 is 18.9 Å². The maximum Gasteiger partial charge on any atom is 0.410 e. The minimum absolute atomic E-state index is 0.0971. The molecule has 0 aliphatic carbocycles. The maximum atomic E-state index is 12.2. The van der Waals surface area contributed by atoms with Crippen LogP contribution in [0.2, 0.25) is 0 Å². The van der Waals surface area contributed by atoms with E-state index in [0.29, 0.717) is 5.56 Å². The Kier molecular flexibility index (Phi) is 4.31. The summed E-state index contributed by atoms with van der Waals surface area (Å²) in [6.45, 7) is 5.64. The van der Waals surface area contributed by atoms with Crippen molar-refractivity contribution in [1.29, 1.82) is 0 Å². The first kappa shape index (κ1) is 15.5. The second-order valence-corrected chi connectivity index (χ2v) is 6.65. The van der Waals surface area contributed by atoms with E-state index in [0.717, 1.165) is 16.7 Å². The van der Waals surface area contributed by atoms with E-state index in [9.17, 15) is 14.3 Å². The zero-order valence-electron chi connectivity index (χ0n) is 12.2. The zero-order chi connectivity index (χ0) is 15.6. The van der Waals surface area contributed by atoms with Crippen molar-refractivity contribution < 1.29 is 18.8 Å². The molecular formula is C16H17O4P. The van der Waals surface area contributed by atoms with Crippen LogP contribution in [0.25, 0.3) is 0 Å². The number of hydrogen-bond donors (Lipinski definition) is 1. The largest absolute Gasteiger partial charge is 0.410 e. The van der Waals surface area contributed by atoms with Gasteiger partial charge in [0.25, 0.3) is 0 Å². The van der Waals surface area contributed by atoms with E-state index in [4.69, 9.17) is 4.52 Å². The Balaban J connectivity index is 2.31. The summed E-state index contributed by atoms with van der Waals surface area (Å²) in [6, 6.07) is 11.3. The summed E-state index contributed by atoms with van der Waals surface area (Å²) < 4.78 is 17.0. The molecule has 0 fully saturated rings. The lowest BCUT2D eigenvalue weighted by molar-refractivity contribution is 0.0722. The molecule has 0 aromatic heterocycles. The van der Waals surface area contributed by atoms with Gasteiger partial charge < -0.3 is 9.42 Å². The fourth-order valence-corrected chi connectivity index (χ4v) is 2.99. The Hall–Kier alpha value is -1.90. The van der Waals surface area contributed by atoms with Crippen LogP contribution in [0.15, 0.2) is 42.5 Å². The van der Waals surface area contributed by atoms with Crippen LogP contribution in [0.3, 0.4) is 0 Å². The fourth-order valence-electron chi connectivity index (χ4n) is 2.01. The Labute approximate surface area is 123 Å². The van der Waals surface area contributed by atoms with Gasteiger partial charge in [0.1, 0.15) is 0 Å². The lowest BCUT2D eigenvalue weighted by Crippen LogP contribution is -2.13. The molecule has 1 unspecified atom stereocenters. The summed E-state index contributed by atoms with van der Waals surface area (Å²) >= 11 is 0. The van der Waals surface area contributed by atoms with Crippen LogP contribution in [-0.2, 0) is 9.09 Å². The van der Waals surface area contributed by atoms with E-state index in [2.05, 4.69) is 0 Å². The summed E-state index contributed by atoms with van der Waals surface area (Å²) in [5.74, 6) is -0.787. The number of hydrogen-bond acceptors (Lipinski definition) is 3. The minimum atomic E-state index is -4.16. The summed E-state index contributed by atoms with van der Waals surface area (Å²) in [5.41, 5.74) is 3.09. The molecule has 0 bridgehead atoms. The number of carbonyl (C=O) groups is 1. The lowest BCUT2D eigenvalue weighted by atomic mass is 9.99. The molecule has 4 nitrogen and oxygen atoms in total. The highest BCUT2D eigenvalue weighted by atomic mass is 31.2. The van der Waals surface area contributed by atoms with Gasteiger partial charge in [0.05, 0.1) is 10.9 Å². The highest BCUT2D eigenvalue weighted by Crippen LogP contribution is 2.41. The average Bonchev–Trinajstić information content (AvgIpc) is 2.45. The number of rotatable bonds is 3. The number of aryl methyl sites for hydroxylation is 1. The third kappa shape index (κ3) is 3.23. The van der Waals surface area contributed by atoms with Crippen LogP contribution in [0.5, 0.6) is 0 Å². The molecule has 0 saturated carbocycles. The molecule has 0 saturated heterocycles. The van der Waals surface area contributed by atoms with Gasteiger partial charge in [-0.2, -0.15) is 0 Å². The number of carbonyl (C=O) groups excluding carboxylic acids is 1. The highest BCUT2D eigenvalue weighted by molar-refractivity contribution is 7.61. The molecule has 1 atom stereocenters. The first-order valence-electron chi connectivity index (χ1n) is 6.52. The van der Waals surface area contributed by atoms with Gasteiger partial charge in [0.15, 0.2) is 0 Å². The van der Waals surface area contributed by atoms with Crippen molar-refractivity contribution in [2.24, 2.45) is 0 Å². The summed E-state index contributed by atoms with van der Waals surface area (Å²) in [7, 11) is -4.16. The van der Waals surface area contributed by atoms with E-state index in [-0.39, 0.29) is 5.30 Å². The normalized spacial score (nSPS) is 13.5. The Morgan fingerprint density at radius 1 is 1.00 bits per heavy atom. The van der Waals surface area contributed by atoms with E-state index >= 15 is 0 Å². The van der Waals surface area contributed by atoms with Crippen LogP contribution in [0.1, 0.15) is 27.0 Å². The first-order valence-corrected chi connectivity index (χ1v) is 8.10. The van der Waals surface area contributed by atoms with Crippen LogP contribution in [0, 0.1) is 20.8 Å². The lowest BCUT2D eigenvalue weighted by Gasteiger charge is -2.14. The molecule has 2 aromatic carbocycles. The summed E-state index contributed by atoms with van der Waals surface area (Å²) in [5, 5.41) is 0.0971. The molecule has 0 spiro atoms. The van der Waals surface area contributed by atoms with Crippen molar-refractivity contribution in [2.45, 2.75) is 20.8 Å². The maximum absolute atomic E-state index is 12.2. The predicted molar refractivity (Wildman–Crippen MR) is 82.0 cm³/mol. The smallest absolute Gasteiger partial charge is 0.385 e. The van der Waals surface area contributed by atoms with Crippen molar-refractivity contribution in [1.82, 2.24) is 0 Å². The van der Waals surface area contributed by atoms with Crippen molar-refractivity contribution in [3.63, 3.8) is 0 Å². The minimum Gasteiger partial charge on any atom is -0.385 e. The quantitative estimate of drug-likeness (QED) is 0.884. The molecule has 0 radical (unpaired) electrons. The zero-order valence-corrected chi connectivity index (χ0v) is 13.1. The Morgan fingerprint density at radius 2 is 1.62 bits per heavy atom. The van der Waals surface area contributed by atoms with E-state index < -0.39 is 13.6 Å². The van der Waals surface area contributed by atoms with Crippen LogP contribution in [-0.4, -0.2) is 10.9 Å². The van der Waals surface area contributed by atoms with E-state index in [1.807, 2.05) is 13.8 Å². The molecular weight excluding hydrogens is 287 g/mol. The average molecular weight is 304 g/mol. The molecule has 2 rings (SSSR count). The van der Waals surface area contributed by atoms with Crippen molar-refractivity contribution in [3.05, 3.63) is 64.7 Å². The Morgan fingerprint density at radius 3 is 2.24 bits per heavy atom. The molecule has 0 aliphatic heterocycles. The van der Waals surface area contributed by atoms with Gasteiger partial charge in [-0.25, -0.2) is 9.36 Å². The van der Waals surface area contributed by atoms with Gasteiger partial charge in [-0.15, -0.1) is 0 Å². The molecule has 0 amide bonds. The van der Waals surface area contributed by atoms with Gasteiger partial charge in [-0.05, 0) is 55.7 Å². The van der Waals surface area contributed by atoms with Gasteiger partial charge in [0, 0.05) is 0 Å². The third-order valence-electron chi connectivity index (χ3n) is 3.57.